The van der Waals surface area contributed by atoms with Crippen molar-refractivity contribution in [2.75, 3.05) is 17.3 Å². The van der Waals surface area contributed by atoms with E-state index < -0.39 is 0 Å². The fourth-order valence-electron chi connectivity index (χ4n) is 2.52. The molecule has 4 rings (SSSR count). The summed E-state index contributed by atoms with van der Waals surface area (Å²) in [6, 6.07) is 5.55. The molecule has 4 aromatic heterocycles. The molecule has 0 aliphatic rings. The maximum absolute atomic E-state index is 4.54. The van der Waals surface area contributed by atoms with Crippen LogP contribution >= 0.6 is 11.8 Å². The third-order valence-corrected chi connectivity index (χ3v) is 4.49. The van der Waals surface area contributed by atoms with Crippen LogP contribution in [0.4, 0.5) is 11.8 Å². The quantitative estimate of drug-likeness (QED) is 0.552. The van der Waals surface area contributed by atoms with Crippen LogP contribution in [-0.4, -0.2) is 51.3 Å². The minimum atomic E-state index is 0.481. The number of thioether (sulfide) groups is 1. The third-order valence-electron chi connectivity index (χ3n) is 3.88. The van der Waals surface area contributed by atoms with Gasteiger partial charge >= 0.3 is 0 Å². The van der Waals surface area contributed by atoms with E-state index >= 15 is 0 Å². The van der Waals surface area contributed by atoms with E-state index in [9.17, 15) is 0 Å². The summed E-state index contributed by atoms with van der Waals surface area (Å²) in [5.41, 5.74) is 2.18. The van der Waals surface area contributed by atoms with Gasteiger partial charge in [-0.2, -0.15) is 16.9 Å². The lowest BCUT2D eigenvalue weighted by Crippen LogP contribution is -2.03. The topological polar surface area (TPSA) is 98.7 Å². The molecule has 4 aromatic rings. The van der Waals surface area contributed by atoms with Crippen LogP contribution in [0.5, 0.6) is 0 Å². The first-order valence-corrected chi connectivity index (χ1v) is 9.41. The zero-order valence-corrected chi connectivity index (χ0v) is 15.2. The van der Waals surface area contributed by atoms with Crippen molar-refractivity contribution < 1.29 is 0 Å². The number of anilines is 2. The van der Waals surface area contributed by atoms with E-state index in [2.05, 4.69) is 41.8 Å². The number of nitrogens with zero attached hydrogens (tertiary/aromatic N) is 8. The van der Waals surface area contributed by atoms with Crippen LogP contribution in [0.25, 0.3) is 17.0 Å². The molecule has 1 N–H and O–H groups in total. The van der Waals surface area contributed by atoms with Gasteiger partial charge in [0, 0.05) is 37.6 Å². The molecule has 0 saturated heterocycles. The Morgan fingerprint density at radius 2 is 2.04 bits per heavy atom. The van der Waals surface area contributed by atoms with E-state index in [1.165, 1.54) is 0 Å². The van der Waals surface area contributed by atoms with Crippen LogP contribution in [0, 0.1) is 0 Å². The van der Waals surface area contributed by atoms with Gasteiger partial charge in [-0.3, -0.25) is 9.08 Å². The molecule has 0 radical (unpaired) electrons. The SMILES string of the molecule is CSCCc1nnc2cc(-c3ccnc(Nc4ccnn4C)n3)ncn12. The number of hydrogen-bond donors (Lipinski definition) is 1. The Balaban J connectivity index is 1.63. The average Bonchev–Trinajstić information content (AvgIpc) is 3.26. The summed E-state index contributed by atoms with van der Waals surface area (Å²) >= 11 is 1.78. The summed E-state index contributed by atoms with van der Waals surface area (Å²) in [6.45, 7) is 0. The maximum Gasteiger partial charge on any atom is 0.228 e. The molecule has 9 nitrogen and oxygen atoms in total. The zero-order valence-electron chi connectivity index (χ0n) is 14.4. The highest BCUT2D eigenvalue weighted by Crippen LogP contribution is 2.19. The second-order valence-corrected chi connectivity index (χ2v) is 6.58. The number of hydrogen-bond acceptors (Lipinski definition) is 8. The molecular weight excluding hydrogens is 350 g/mol. The Morgan fingerprint density at radius 1 is 1.12 bits per heavy atom. The van der Waals surface area contributed by atoms with Crippen LogP contribution in [0.1, 0.15) is 5.82 Å². The van der Waals surface area contributed by atoms with E-state index in [-0.39, 0.29) is 0 Å². The number of aryl methyl sites for hydroxylation is 2. The van der Waals surface area contributed by atoms with Crippen molar-refractivity contribution in [2.24, 2.45) is 7.05 Å². The molecule has 0 amide bonds. The Labute approximate surface area is 153 Å². The van der Waals surface area contributed by atoms with Gasteiger partial charge in [0.1, 0.15) is 18.0 Å². The molecular formula is C16H17N9S. The first kappa shape index (κ1) is 16.5. The monoisotopic (exact) mass is 367 g/mol. The second-order valence-electron chi connectivity index (χ2n) is 5.59. The van der Waals surface area contributed by atoms with E-state index in [4.69, 9.17) is 0 Å². The predicted octanol–water partition coefficient (Wildman–Crippen LogP) is 1.96. The average molecular weight is 367 g/mol. The van der Waals surface area contributed by atoms with Crippen molar-refractivity contribution in [3.05, 3.63) is 42.7 Å². The van der Waals surface area contributed by atoms with Crippen molar-refractivity contribution in [1.82, 2.24) is 39.3 Å². The molecule has 0 spiro atoms. The summed E-state index contributed by atoms with van der Waals surface area (Å²) in [5.74, 6) is 3.20. The van der Waals surface area contributed by atoms with E-state index in [0.29, 0.717) is 11.6 Å². The van der Waals surface area contributed by atoms with Gasteiger partial charge in [0.05, 0.1) is 17.6 Å². The largest absolute Gasteiger partial charge is 0.309 e. The summed E-state index contributed by atoms with van der Waals surface area (Å²) in [4.78, 5) is 13.3. The smallest absolute Gasteiger partial charge is 0.228 e. The molecule has 0 unspecified atom stereocenters. The van der Waals surface area contributed by atoms with Crippen molar-refractivity contribution in [2.45, 2.75) is 6.42 Å². The fraction of sp³-hybridized carbons (Fsp3) is 0.250. The highest BCUT2D eigenvalue weighted by molar-refractivity contribution is 7.98. The van der Waals surface area contributed by atoms with Gasteiger partial charge in [0.15, 0.2) is 5.65 Å². The first-order chi connectivity index (χ1) is 12.7. The number of nitrogens with one attached hydrogen (secondary N) is 1. The van der Waals surface area contributed by atoms with Crippen LogP contribution in [0.2, 0.25) is 0 Å². The van der Waals surface area contributed by atoms with E-state index in [0.717, 1.165) is 35.2 Å². The molecule has 0 fully saturated rings. The summed E-state index contributed by atoms with van der Waals surface area (Å²) in [6.07, 6.45) is 8.08. The molecule has 0 atom stereocenters. The van der Waals surface area contributed by atoms with Gasteiger partial charge in [-0.25, -0.2) is 15.0 Å². The Hall–Kier alpha value is -3.01. The maximum atomic E-state index is 4.54. The first-order valence-electron chi connectivity index (χ1n) is 8.01. The molecule has 0 bridgehead atoms. The normalized spacial score (nSPS) is 11.2. The van der Waals surface area contributed by atoms with Crippen molar-refractivity contribution in [1.29, 1.82) is 0 Å². The van der Waals surface area contributed by atoms with Crippen molar-refractivity contribution in [3.63, 3.8) is 0 Å². The van der Waals surface area contributed by atoms with Crippen molar-refractivity contribution in [3.8, 4) is 11.4 Å². The van der Waals surface area contributed by atoms with Gasteiger partial charge in [0.25, 0.3) is 0 Å². The molecule has 0 aliphatic carbocycles. The minimum Gasteiger partial charge on any atom is -0.309 e. The van der Waals surface area contributed by atoms with Crippen LogP contribution in [-0.2, 0) is 13.5 Å². The summed E-state index contributed by atoms with van der Waals surface area (Å²) in [5, 5.41) is 15.8. The lowest BCUT2D eigenvalue weighted by Gasteiger charge is -2.06. The van der Waals surface area contributed by atoms with Gasteiger partial charge in [0.2, 0.25) is 5.95 Å². The van der Waals surface area contributed by atoms with E-state index in [1.54, 1.807) is 35.2 Å². The molecule has 10 heteroatoms. The highest BCUT2D eigenvalue weighted by Gasteiger charge is 2.10. The molecule has 26 heavy (non-hydrogen) atoms. The minimum absolute atomic E-state index is 0.481. The zero-order chi connectivity index (χ0) is 17.9. The van der Waals surface area contributed by atoms with Crippen LogP contribution in [0.15, 0.2) is 36.9 Å². The third kappa shape index (κ3) is 3.23. The molecule has 0 saturated carbocycles. The fourth-order valence-corrected chi connectivity index (χ4v) is 2.90. The lowest BCUT2D eigenvalue weighted by molar-refractivity contribution is 0.775. The van der Waals surface area contributed by atoms with Gasteiger partial charge in [-0.15, -0.1) is 10.2 Å². The van der Waals surface area contributed by atoms with Gasteiger partial charge in [-0.1, -0.05) is 0 Å². The lowest BCUT2D eigenvalue weighted by atomic mass is 10.3. The van der Waals surface area contributed by atoms with Crippen LogP contribution in [0.3, 0.4) is 0 Å². The van der Waals surface area contributed by atoms with E-state index in [1.807, 2.05) is 29.6 Å². The van der Waals surface area contributed by atoms with Crippen molar-refractivity contribution >= 4 is 29.2 Å². The highest BCUT2D eigenvalue weighted by atomic mass is 32.2. The van der Waals surface area contributed by atoms with Gasteiger partial charge < -0.3 is 5.32 Å². The van der Waals surface area contributed by atoms with Crippen LogP contribution < -0.4 is 5.32 Å². The summed E-state index contributed by atoms with van der Waals surface area (Å²) < 4.78 is 3.63. The molecule has 0 aliphatic heterocycles. The molecule has 0 aromatic carbocycles. The molecule has 132 valence electrons. The number of fused-ring (bicyclic) bond motifs is 1. The predicted molar refractivity (Wildman–Crippen MR) is 100 cm³/mol. The Kier molecular flexibility index (Phi) is 4.48. The standard InChI is InChI=1S/C16H17N9S/c1-24-13(4-7-19-24)21-16-17-6-3-11(20-16)12-9-15-23-22-14(5-8-26-2)25(15)10-18-12/h3-4,6-7,9-10H,5,8H2,1-2H3,(H,17,20,21). The second kappa shape index (κ2) is 7.08. The molecule has 4 heterocycles. The summed E-state index contributed by atoms with van der Waals surface area (Å²) in [7, 11) is 1.85. The Morgan fingerprint density at radius 3 is 2.85 bits per heavy atom. The van der Waals surface area contributed by atoms with Gasteiger partial charge in [-0.05, 0) is 12.3 Å². The number of aromatic nitrogens is 8. The Bertz CT molecular complexity index is 1040. The number of rotatable bonds is 6.